The second-order valence-corrected chi connectivity index (χ2v) is 4.35. The zero-order valence-corrected chi connectivity index (χ0v) is 9.63. The van der Waals surface area contributed by atoms with Crippen LogP contribution in [-0.2, 0) is 6.42 Å². The Morgan fingerprint density at radius 3 is 2.75 bits per heavy atom. The van der Waals surface area contributed by atoms with Gasteiger partial charge in [0.2, 0.25) is 0 Å². The maximum Gasteiger partial charge on any atom is 0.130 e. The van der Waals surface area contributed by atoms with E-state index in [0.29, 0.717) is 11.7 Å². The molecule has 0 amide bonds. The average Bonchev–Trinajstić information content (AvgIpc) is 2.33. The second-order valence-electron chi connectivity index (χ2n) is 4.35. The van der Waals surface area contributed by atoms with E-state index in [1.807, 2.05) is 12.1 Å². The molecule has 1 aliphatic heterocycles. The Balaban J connectivity index is 2.03. The van der Waals surface area contributed by atoms with Crippen LogP contribution >= 0.6 is 0 Å². The Morgan fingerprint density at radius 1 is 1.38 bits per heavy atom. The van der Waals surface area contributed by atoms with Crippen LogP contribution in [-0.4, -0.2) is 20.2 Å². The van der Waals surface area contributed by atoms with Gasteiger partial charge >= 0.3 is 0 Å². The molecule has 1 fully saturated rings. The Morgan fingerprint density at radius 2 is 2.12 bits per heavy atom. The van der Waals surface area contributed by atoms with Crippen molar-refractivity contribution in [2.45, 2.75) is 19.3 Å². The Hall–Kier alpha value is -1.09. The molecule has 0 saturated carbocycles. The molecule has 0 spiro atoms. The fraction of sp³-hybridized carbons (Fsp3) is 0.538. The number of benzene rings is 1. The van der Waals surface area contributed by atoms with Gasteiger partial charge in [0.1, 0.15) is 11.6 Å². The van der Waals surface area contributed by atoms with Crippen molar-refractivity contribution in [2.75, 3.05) is 20.2 Å². The molecule has 1 saturated heterocycles. The van der Waals surface area contributed by atoms with E-state index >= 15 is 0 Å². The number of piperidine rings is 1. The lowest BCUT2D eigenvalue weighted by Gasteiger charge is -2.22. The van der Waals surface area contributed by atoms with E-state index < -0.39 is 0 Å². The van der Waals surface area contributed by atoms with Crippen LogP contribution in [0.4, 0.5) is 4.39 Å². The lowest BCUT2D eigenvalue weighted by Crippen LogP contribution is -2.28. The predicted molar refractivity (Wildman–Crippen MR) is 62.2 cm³/mol. The van der Waals surface area contributed by atoms with E-state index in [1.165, 1.54) is 6.07 Å². The first kappa shape index (κ1) is 11.4. The van der Waals surface area contributed by atoms with Crippen LogP contribution in [0.5, 0.6) is 5.75 Å². The number of ether oxygens (including phenoxy) is 1. The molecule has 0 aliphatic carbocycles. The minimum Gasteiger partial charge on any atom is -0.497 e. The van der Waals surface area contributed by atoms with Crippen LogP contribution in [0.1, 0.15) is 18.4 Å². The molecule has 1 aromatic carbocycles. The van der Waals surface area contributed by atoms with Gasteiger partial charge in [-0.3, -0.25) is 0 Å². The standard InChI is InChI=1S/C13H18FNO/c1-16-12-3-2-11(13(14)9-12)8-10-4-6-15-7-5-10/h2-3,9-10,15H,4-8H2,1H3. The lowest BCUT2D eigenvalue weighted by molar-refractivity contribution is 0.367. The van der Waals surface area contributed by atoms with Crippen molar-refractivity contribution in [3.8, 4) is 5.75 Å². The van der Waals surface area contributed by atoms with Crippen molar-refractivity contribution in [1.82, 2.24) is 5.32 Å². The van der Waals surface area contributed by atoms with Gasteiger partial charge in [-0.15, -0.1) is 0 Å². The highest BCUT2D eigenvalue weighted by Crippen LogP contribution is 2.22. The third-order valence-electron chi connectivity index (χ3n) is 3.23. The number of nitrogens with one attached hydrogen (secondary N) is 1. The fourth-order valence-electron chi connectivity index (χ4n) is 2.22. The molecular formula is C13H18FNO. The number of rotatable bonds is 3. The summed E-state index contributed by atoms with van der Waals surface area (Å²) >= 11 is 0. The smallest absolute Gasteiger partial charge is 0.130 e. The molecule has 1 N–H and O–H groups in total. The summed E-state index contributed by atoms with van der Waals surface area (Å²) in [5, 5.41) is 3.32. The lowest BCUT2D eigenvalue weighted by atomic mass is 9.91. The number of hydrogen-bond acceptors (Lipinski definition) is 2. The summed E-state index contributed by atoms with van der Waals surface area (Å²) in [5.74, 6) is 1.06. The van der Waals surface area contributed by atoms with E-state index in [0.717, 1.165) is 37.9 Å². The molecule has 0 bridgehead atoms. The maximum atomic E-state index is 13.7. The molecule has 2 nitrogen and oxygen atoms in total. The van der Waals surface area contributed by atoms with Gasteiger partial charge in [-0.25, -0.2) is 4.39 Å². The molecule has 0 aromatic heterocycles. The molecular weight excluding hydrogens is 205 g/mol. The highest BCUT2D eigenvalue weighted by atomic mass is 19.1. The summed E-state index contributed by atoms with van der Waals surface area (Å²) < 4.78 is 18.7. The molecule has 0 radical (unpaired) electrons. The predicted octanol–water partition coefficient (Wildman–Crippen LogP) is 2.38. The van der Waals surface area contributed by atoms with Crippen LogP contribution in [0.2, 0.25) is 0 Å². The summed E-state index contributed by atoms with van der Waals surface area (Å²) in [6, 6.07) is 5.14. The van der Waals surface area contributed by atoms with Gasteiger partial charge in [-0.2, -0.15) is 0 Å². The van der Waals surface area contributed by atoms with Crippen molar-refractivity contribution in [1.29, 1.82) is 0 Å². The van der Waals surface area contributed by atoms with Crippen molar-refractivity contribution in [3.05, 3.63) is 29.6 Å². The Kier molecular flexibility index (Phi) is 3.78. The summed E-state index contributed by atoms with van der Waals surface area (Å²) in [7, 11) is 1.56. The van der Waals surface area contributed by atoms with Crippen LogP contribution in [0.3, 0.4) is 0 Å². The number of hydrogen-bond donors (Lipinski definition) is 1. The van der Waals surface area contributed by atoms with E-state index in [-0.39, 0.29) is 5.82 Å². The van der Waals surface area contributed by atoms with Gasteiger partial charge in [-0.1, -0.05) is 6.07 Å². The molecule has 0 unspecified atom stereocenters. The van der Waals surface area contributed by atoms with Crippen LogP contribution in [0, 0.1) is 11.7 Å². The van der Waals surface area contributed by atoms with Gasteiger partial charge < -0.3 is 10.1 Å². The topological polar surface area (TPSA) is 21.3 Å². The molecule has 1 aliphatic rings. The number of methoxy groups -OCH3 is 1. The zero-order chi connectivity index (χ0) is 11.4. The molecule has 1 heterocycles. The molecule has 3 heteroatoms. The first-order chi connectivity index (χ1) is 7.79. The van der Waals surface area contributed by atoms with Crippen LogP contribution in [0.25, 0.3) is 0 Å². The van der Waals surface area contributed by atoms with Crippen LogP contribution in [0.15, 0.2) is 18.2 Å². The highest BCUT2D eigenvalue weighted by molar-refractivity contribution is 5.29. The Labute approximate surface area is 95.8 Å². The quantitative estimate of drug-likeness (QED) is 0.849. The van der Waals surface area contributed by atoms with Gasteiger partial charge in [-0.05, 0) is 49.9 Å². The third-order valence-corrected chi connectivity index (χ3v) is 3.23. The molecule has 88 valence electrons. The Bertz CT molecular complexity index is 348. The zero-order valence-electron chi connectivity index (χ0n) is 9.63. The van der Waals surface area contributed by atoms with Gasteiger partial charge in [0.15, 0.2) is 0 Å². The number of halogens is 1. The minimum absolute atomic E-state index is 0.141. The molecule has 1 aromatic rings. The van der Waals surface area contributed by atoms with Gasteiger partial charge in [0.25, 0.3) is 0 Å². The second kappa shape index (κ2) is 5.30. The third kappa shape index (κ3) is 2.73. The van der Waals surface area contributed by atoms with Crippen molar-refractivity contribution >= 4 is 0 Å². The van der Waals surface area contributed by atoms with E-state index in [4.69, 9.17) is 4.74 Å². The average molecular weight is 223 g/mol. The minimum atomic E-state index is -0.141. The molecule has 16 heavy (non-hydrogen) atoms. The van der Waals surface area contributed by atoms with Gasteiger partial charge in [0.05, 0.1) is 7.11 Å². The largest absolute Gasteiger partial charge is 0.497 e. The SMILES string of the molecule is COc1ccc(CC2CCNCC2)c(F)c1. The summed E-state index contributed by atoms with van der Waals surface area (Å²) in [4.78, 5) is 0. The maximum absolute atomic E-state index is 13.7. The van der Waals surface area contributed by atoms with E-state index in [9.17, 15) is 4.39 Å². The highest BCUT2D eigenvalue weighted by Gasteiger charge is 2.15. The van der Waals surface area contributed by atoms with Crippen molar-refractivity contribution in [2.24, 2.45) is 5.92 Å². The first-order valence-electron chi connectivity index (χ1n) is 5.82. The fourth-order valence-corrected chi connectivity index (χ4v) is 2.22. The van der Waals surface area contributed by atoms with Crippen molar-refractivity contribution in [3.63, 3.8) is 0 Å². The first-order valence-corrected chi connectivity index (χ1v) is 5.82. The summed E-state index contributed by atoms with van der Waals surface area (Å²) in [6.45, 7) is 2.12. The monoisotopic (exact) mass is 223 g/mol. The summed E-state index contributed by atoms with van der Waals surface area (Å²) in [6.07, 6.45) is 3.13. The molecule has 2 rings (SSSR count). The van der Waals surface area contributed by atoms with Crippen LogP contribution < -0.4 is 10.1 Å². The van der Waals surface area contributed by atoms with E-state index in [1.54, 1.807) is 7.11 Å². The normalized spacial score (nSPS) is 17.4. The van der Waals surface area contributed by atoms with Gasteiger partial charge in [0, 0.05) is 6.07 Å². The molecule has 0 atom stereocenters. The van der Waals surface area contributed by atoms with Crippen molar-refractivity contribution < 1.29 is 9.13 Å². The summed E-state index contributed by atoms with van der Waals surface area (Å²) in [5.41, 5.74) is 0.813. The van der Waals surface area contributed by atoms with E-state index in [2.05, 4.69) is 5.32 Å².